The molecule has 0 aliphatic rings. The molecule has 0 aliphatic heterocycles. The average molecular weight is 269 g/mol. The van der Waals surface area contributed by atoms with Gasteiger partial charge in [0.1, 0.15) is 0 Å². The molecule has 1 heteroatoms. The van der Waals surface area contributed by atoms with E-state index in [2.05, 4.69) is 68.7 Å². The molecule has 0 saturated heterocycles. The van der Waals surface area contributed by atoms with Crippen molar-refractivity contribution in [1.82, 2.24) is 5.32 Å². The lowest BCUT2D eigenvalue weighted by atomic mass is 9.91. The number of nitrogens with one attached hydrogen (secondary N) is 1. The van der Waals surface area contributed by atoms with Gasteiger partial charge in [-0.05, 0) is 42.1 Å². The van der Waals surface area contributed by atoms with E-state index in [1.807, 2.05) is 0 Å². The molecule has 0 aliphatic carbocycles. The molecule has 1 nitrogen and oxygen atoms in total. The first-order valence-electron chi connectivity index (χ1n) is 7.88. The van der Waals surface area contributed by atoms with Crippen molar-refractivity contribution < 1.29 is 0 Å². The summed E-state index contributed by atoms with van der Waals surface area (Å²) in [6.07, 6.45) is 4.99. The molecule has 20 heavy (non-hydrogen) atoms. The van der Waals surface area contributed by atoms with Gasteiger partial charge >= 0.3 is 0 Å². The first-order chi connectivity index (χ1) is 9.74. The Morgan fingerprint density at radius 1 is 1.05 bits per heavy atom. The van der Waals surface area contributed by atoms with E-state index in [4.69, 9.17) is 0 Å². The Morgan fingerprint density at radius 3 is 2.55 bits per heavy atom. The molecule has 2 atom stereocenters. The van der Waals surface area contributed by atoms with Crippen LogP contribution >= 0.6 is 0 Å². The maximum absolute atomic E-state index is 3.50. The first kappa shape index (κ1) is 15.1. The van der Waals surface area contributed by atoms with E-state index in [-0.39, 0.29) is 0 Å². The Hall–Kier alpha value is -1.34. The van der Waals surface area contributed by atoms with E-state index in [0.717, 1.165) is 12.3 Å². The number of benzene rings is 2. The fourth-order valence-electron chi connectivity index (χ4n) is 3.14. The van der Waals surface area contributed by atoms with Crippen molar-refractivity contribution in [3.63, 3.8) is 0 Å². The minimum absolute atomic E-state index is 0.572. The van der Waals surface area contributed by atoms with Gasteiger partial charge in [-0.15, -0.1) is 0 Å². The van der Waals surface area contributed by atoms with Crippen LogP contribution in [0.3, 0.4) is 0 Å². The van der Waals surface area contributed by atoms with E-state index in [0.29, 0.717) is 6.04 Å². The molecular formula is C19H27N. The third-order valence-corrected chi connectivity index (χ3v) is 4.22. The molecule has 0 saturated carbocycles. The summed E-state index contributed by atoms with van der Waals surface area (Å²) in [5.41, 5.74) is 1.46. The topological polar surface area (TPSA) is 12.0 Å². The molecular weight excluding hydrogens is 242 g/mol. The monoisotopic (exact) mass is 269 g/mol. The molecule has 0 heterocycles. The van der Waals surface area contributed by atoms with Crippen LogP contribution in [0, 0.1) is 5.92 Å². The second-order valence-electron chi connectivity index (χ2n) is 5.96. The minimum atomic E-state index is 0.572. The summed E-state index contributed by atoms with van der Waals surface area (Å²) in [7, 11) is 2.09. The Labute approximate surface area is 123 Å². The molecule has 0 spiro atoms. The predicted octanol–water partition coefficient (Wildman–Crippen LogP) is 4.80. The van der Waals surface area contributed by atoms with Crippen LogP contribution in [-0.4, -0.2) is 13.1 Å². The van der Waals surface area contributed by atoms with Crippen LogP contribution in [0.1, 0.15) is 38.7 Å². The lowest BCUT2D eigenvalue weighted by Gasteiger charge is -2.21. The Balaban J connectivity index is 2.13. The summed E-state index contributed by atoms with van der Waals surface area (Å²) in [6.45, 7) is 4.65. The van der Waals surface area contributed by atoms with Gasteiger partial charge in [-0.1, -0.05) is 69.2 Å². The largest absolute Gasteiger partial charge is 0.317 e. The normalized spacial score (nSPS) is 14.3. The molecule has 108 valence electrons. The number of hydrogen-bond donors (Lipinski definition) is 1. The fraction of sp³-hybridized carbons (Fsp3) is 0.474. The van der Waals surface area contributed by atoms with Gasteiger partial charge in [-0.3, -0.25) is 0 Å². The minimum Gasteiger partial charge on any atom is -0.317 e. The molecule has 0 fully saturated rings. The Bertz CT molecular complexity index is 527. The van der Waals surface area contributed by atoms with Crippen molar-refractivity contribution in [3.8, 4) is 0 Å². The second-order valence-corrected chi connectivity index (χ2v) is 5.96. The van der Waals surface area contributed by atoms with Crippen molar-refractivity contribution in [2.45, 2.75) is 45.6 Å². The van der Waals surface area contributed by atoms with Crippen LogP contribution in [0.15, 0.2) is 42.5 Å². The quantitative estimate of drug-likeness (QED) is 0.761. The third-order valence-electron chi connectivity index (χ3n) is 4.22. The molecule has 2 unspecified atom stereocenters. The van der Waals surface area contributed by atoms with Gasteiger partial charge in [0.2, 0.25) is 0 Å². The summed E-state index contributed by atoms with van der Waals surface area (Å²) in [4.78, 5) is 0. The van der Waals surface area contributed by atoms with Gasteiger partial charge in [0, 0.05) is 6.04 Å². The van der Waals surface area contributed by atoms with Crippen LogP contribution in [0.5, 0.6) is 0 Å². The molecule has 2 rings (SSSR count). The molecule has 2 aromatic rings. The fourth-order valence-corrected chi connectivity index (χ4v) is 3.14. The zero-order valence-electron chi connectivity index (χ0n) is 13.0. The zero-order chi connectivity index (χ0) is 14.4. The first-order valence-corrected chi connectivity index (χ1v) is 7.88. The smallest absolute Gasteiger partial charge is 0.0107 e. The summed E-state index contributed by atoms with van der Waals surface area (Å²) in [5.74, 6) is 0.799. The van der Waals surface area contributed by atoms with Crippen molar-refractivity contribution >= 4 is 10.8 Å². The van der Waals surface area contributed by atoms with Crippen LogP contribution in [0.4, 0.5) is 0 Å². The van der Waals surface area contributed by atoms with Crippen molar-refractivity contribution in [1.29, 1.82) is 0 Å². The van der Waals surface area contributed by atoms with Crippen molar-refractivity contribution in [2.75, 3.05) is 7.05 Å². The lowest BCUT2D eigenvalue weighted by molar-refractivity contribution is 0.397. The highest BCUT2D eigenvalue weighted by Gasteiger charge is 2.13. The zero-order valence-corrected chi connectivity index (χ0v) is 13.0. The van der Waals surface area contributed by atoms with E-state index in [1.165, 1.54) is 35.6 Å². The van der Waals surface area contributed by atoms with Crippen molar-refractivity contribution in [2.24, 2.45) is 5.92 Å². The average Bonchev–Trinajstić information content (AvgIpc) is 2.47. The van der Waals surface area contributed by atoms with Gasteiger partial charge in [0.25, 0.3) is 0 Å². The SMILES string of the molecule is CCCC(C)CC(Cc1cccc2ccccc12)NC. The number of likely N-dealkylation sites (N-methyl/N-ethyl adjacent to an activating group) is 1. The maximum atomic E-state index is 3.50. The predicted molar refractivity (Wildman–Crippen MR) is 89.2 cm³/mol. The van der Waals surface area contributed by atoms with Crippen LogP contribution in [-0.2, 0) is 6.42 Å². The highest BCUT2D eigenvalue weighted by atomic mass is 14.9. The van der Waals surface area contributed by atoms with Gasteiger partial charge in [0.15, 0.2) is 0 Å². The highest BCUT2D eigenvalue weighted by molar-refractivity contribution is 5.85. The Morgan fingerprint density at radius 2 is 1.80 bits per heavy atom. The van der Waals surface area contributed by atoms with E-state index < -0.39 is 0 Å². The lowest BCUT2D eigenvalue weighted by Crippen LogP contribution is -2.29. The van der Waals surface area contributed by atoms with E-state index in [1.54, 1.807) is 0 Å². The Kier molecular flexibility index (Phi) is 5.60. The van der Waals surface area contributed by atoms with Gasteiger partial charge in [0.05, 0.1) is 0 Å². The van der Waals surface area contributed by atoms with Crippen LogP contribution in [0.2, 0.25) is 0 Å². The summed E-state index contributed by atoms with van der Waals surface area (Å²) < 4.78 is 0. The standard InChI is InChI=1S/C19H27N/c1-4-8-15(2)13-18(20-3)14-17-11-7-10-16-9-5-6-12-19(16)17/h5-7,9-12,15,18,20H,4,8,13-14H2,1-3H3. The second kappa shape index (κ2) is 7.44. The maximum Gasteiger partial charge on any atom is 0.0107 e. The van der Waals surface area contributed by atoms with Gasteiger partial charge in [-0.2, -0.15) is 0 Å². The molecule has 0 amide bonds. The third kappa shape index (κ3) is 3.83. The van der Waals surface area contributed by atoms with Gasteiger partial charge in [-0.25, -0.2) is 0 Å². The van der Waals surface area contributed by atoms with E-state index >= 15 is 0 Å². The van der Waals surface area contributed by atoms with Gasteiger partial charge < -0.3 is 5.32 Å². The molecule has 0 bridgehead atoms. The number of fused-ring (bicyclic) bond motifs is 1. The number of rotatable bonds is 7. The highest BCUT2D eigenvalue weighted by Crippen LogP contribution is 2.22. The van der Waals surface area contributed by atoms with Crippen molar-refractivity contribution in [3.05, 3.63) is 48.0 Å². The molecule has 2 aromatic carbocycles. The molecule has 0 radical (unpaired) electrons. The summed E-state index contributed by atoms with van der Waals surface area (Å²) in [6, 6.07) is 15.9. The summed E-state index contributed by atoms with van der Waals surface area (Å²) in [5, 5.41) is 6.25. The number of hydrogen-bond acceptors (Lipinski definition) is 1. The van der Waals surface area contributed by atoms with E-state index in [9.17, 15) is 0 Å². The van der Waals surface area contributed by atoms with Crippen LogP contribution in [0.25, 0.3) is 10.8 Å². The van der Waals surface area contributed by atoms with Crippen LogP contribution < -0.4 is 5.32 Å². The molecule has 0 aromatic heterocycles. The summed E-state index contributed by atoms with van der Waals surface area (Å²) >= 11 is 0. The molecule has 1 N–H and O–H groups in total.